The van der Waals surface area contributed by atoms with Crippen molar-refractivity contribution in [2.24, 2.45) is 0 Å². The first-order valence-corrected chi connectivity index (χ1v) is 9.95. The number of aromatic nitrogens is 1. The summed E-state index contributed by atoms with van der Waals surface area (Å²) in [5.74, 6) is 0.516. The van der Waals surface area contributed by atoms with Crippen LogP contribution in [0.4, 0.5) is 10.8 Å². The van der Waals surface area contributed by atoms with Crippen molar-refractivity contribution < 1.29 is 14.5 Å². The topological polar surface area (TPSA) is 88.8 Å². The molecule has 3 aromatic rings. The molecular weight excluding hydrogens is 428 g/mol. The molecule has 0 N–H and O–H groups in total. The molecule has 160 valence electrons. The second kappa shape index (κ2) is 10.3. The van der Waals surface area contributed by atoms with Crippen molar-refractivity contribution in [1.29, 1.82) is 0 Å². The van der Waals surface area contributed by atoms with Crippen LogP contribution in [0.5, 0.6) is 5.75 Å². The molecule has 0 unspecified atom stereocenters. The third-order valence-corrected chi connectivity index (χ3v) is 5.27. The second-order valence-corrected chi connectivity index (χ2v) is 7.63. The summed E-state index contributed by atoms with van der Waals surface area (Å²) < 4.78 is 6.47. The quantitative estimate of drug-likeness (QED) is 0.377. The number of carbonyl (C=O) groups excluding carboxylic acids is 1. The lowest BCUT2D eigenvalue weighted by atomic mass is 10.2. The van der Waals surface area contributed by atoms with Gasteiger partial charge in [-0.2, -0.15) is 0 Å². The highest BCUT2D eigenvalue weighted by Gasteiger charge is 2.22. The molecule has 0 bridgehead atoms. The van der Waals surface area contributed by atoms with Crippen molar-refractivity contribution in [2.75, 3.05) is 38.7 Å². The minimum Gasteiger partial charge on any atom is -0.494 e. The Hall–Kier alpha value is -2.75. The largest absolute Gasteiger partial charge is 0.494 e. The molecule has 3 rings (SSSR count). The number of nitro groups is 1. The Morgan fingerprint density at radius 3 is 2.47 bits per heavy atom. The Labute approximate surface area is 184 Å². The molecule has 1 amide bonds. The lowest BCUT2D eigenvalue weighted by Gasteiger charge is -2.22. The van der Waals surface area contributed by atoms with Gasteiger partial charge in [-0.25, -0.2) is 4.98 Å². The van der Waals surface area contributed by atoms with E-state index in [1.54, 1.807) is 4.90 Å². The number of hydrogen-bond donors (Lipinski definition) is 0. The summed E-state index contributed by atoms with van der Waals surface area (Å²) in [5.41, 5.74) is 1.12. The van der Waals surface area contributed by atoms with Gasteiger partial charge in [-0.3, -0.25) is 19.8 Å². The number of rotatable bonds is 8. The summed E-state index contributed by atoms with van der Waals surface area (Å²) in [5, 5.41) is 11.5. The molecule has 0 fully saturated rings. The van der Waals surface area contributed by atoms with Gasteiger partial charge in [0, 0.05) is 30.8 Å². The molecule has 0 spiro atoms. The summed E-state index contributed by atoms with van der Waals surface area (Å²) in [7, 11) is 3.86. The van der Waals surface area contributed by atoms with E-state index in [0.29, 0.717) is 30.4 Å². The van der Waals surface area contributed by atoms with Gasteiger partial charge in [0.2, 0.25) is 0 Å². The smallest absolute Gasteiger partial charge is 0.269 e. The van der Waals surface area contributed by atoms with Crippen LogP contribution >= 0.6 is 23.7 Å². The monoisotopic (exact) mass is 450 g/mol. The molecule has 0 aliphatic carbocycles. The van der Waals surface area contributed by atoms with Gasteiger partial charge in [0.25, 0.3) is 11.6 Å². The molecule has 0 atom stereocenters. The zero-order valence-corrected chi connectivity index (χ0v) is 18.5. The Bertz CT molecular complexity index is 1020. The Morgan fingerprint density at radius 2 is 1.87 bits per heavy atom. The van der Waals surface area contributed by atoms with Gasteiger partial charge in [0.15, 0.2) is 5.13 Å². The molecule has 8 nitrogen and oxygen atoms in total. The number of nitrogens with zero attached hydrogens (tertiary/aromatic N) is 4. The third kappa shape index (κ3) is 5.44. The highest BCUT2D eigenvalue weighted by atomic mass is 35.5. The first-order valence-electron chi connectivity index (χ1n) is 9.13. The van der Waals surface area contributed by atoms with Gasteiger partial charge in [0.1, 0.15) is 5.75 Å². The van der Waals surface area contributed by atoms with E-state index in [1.165, 1.54) is 35.6 Å². The number of hydrogen-bond acceptors (Lipinski definition) is 7. The van der Waals surface area contributed by atoms with E-state index in [4.69, 9.17) is 4.74 Å². The molecule has 0 radical (unpaired) electrons. The molecule has 0 aliphatic heterocycles. The number of halogens is 1. The first-order chi connectivity index (χ1) is 13.9. The first kappa shape index (κ1) is 23.5. The van der Waals surface area contributed by atoms with E-state index in [9.17, 15) is 14.9 Å². The SMILES string of the molecule is CCOc1ccc2nc(N(CCN(C)C)C(=O)c3ccc([N+](=O)[O-])cc3)sc2c1.Cl. The number of ether oxygens (including phenoxy) is 1. The molecule has 0 aliphatic rings. The van der Waals surface area contributed by atoms with Crippen LogP contribution in [0.15, 0.2) is 42.5 Å². The number of benzene rings is 2. The van der Waals surface area contributed by atoms with Crippen LogP contribution in [0.1, 0.15) is 17.3 Å². The summed E-state index contributed by atoms with van der Waals surface area (Å²) >= 11 is 1.42. The highest BCUT2D eigenvalue weighted by molar-refractivity contribution is 7.22. The summed E-state index contributed by atoms with van der Waals surface area (Å²) in [4.78, 5) is 31.8. The Balaban J connectivity index is 0.00000320. The van der Waals surface area contributed by atoms with E-state index in [2.05, 4.69) is 4.98 Å². The van der Waals surface area contributed by atoms with Gasteiger partial charge < -0.3 is 9.64 Å². The molecule has 2 aromatic carbocycles. The van der Waals surface area contributed by atoms with Gasteiger partial charge in [-0.1, -0.05) is 11.3 Å². The normalized spacial score (nSPS) is 10.7. The fraction of sp³-hybridized carbons (Fsp3) is 0.300. The van der Waals surface area contributed by atoms with Crippen LogP contribution in [-0.4, -0.2) is 54.5 Å². The van der Waals surface area contributed by atoms with Gasteiger partial charge in [-0.05, 0) is 51.4 Å². The maximum absolute atomic E-state index is 13.2. The van der Waals surface area contributed by atoms with Crippen LogP contribution in [0, 0.1) is 10.1 Å². The third-order valence-electron chi connectivity index (χ3n) is 4.23. The number of thiazole rings is 1. The number of amides is 1. The maximum atomic E-state index is 13.2. The maximum Gasteiger partial charge on any atom is 0.269 e. The fourth-order valence-electron chi connectivity index (χ4n) is 2.73. The second-order valence-electron chi connectivity index (χ2n) is 6.62. The Kier molecular flexibility index (Phi) is 8.10. The van der Waals surface area contributed by atoms with Crippen LogP contribution in [0.3, 0.4) is 0 Å². The number of carbonyl (C=O) groups is 1. The molecule has 0 saturated heterocycles. The molecule has 1 aromatic heterocycles. The standard InChI is InChI=1S/C20H22N4O4S.ClH/c1-4-28-16-9-10-17-18(13-16)29-20(21-17)23(12-11-22(2)3)19(25)14-5-7-15(8-6-14)24(26)27;/h5-10,13H,4,11-12H2,1-3H3;1H. The summed E-state index contributed by atoms with van der Waals surface area (Å²) in [6.07, 6.45) is 0. The van der Waals surface area contributed by atoms with Crippen molar-refractivity contribution in [3.8, 4) is 5.75 Å². The average Bonchev–Trinajstić information content (AvgIpc) is 3.11. The summed E-state index contributed by atoms with van der Waals surface area (Å²) in [6.45, 7) is 3.60. The van der Waals surface area contributed by atoms with E-state index < -0.39 is 4.92 Å². The van der Waals surface area contributed by atoms with E-state index in [0.717, 1.165) is 16.0 Å². The lowest BCUT2D eigenvalue weighted by molar-refractivity contribution is -0.384. The van der Waals surface area contributed by atoms with Gasteiger partial charge >= 0.3 is 0 Å². The molecular formula is C20H23ClN4O4S. The molecule has 1 heterocycles. The highest BCUT2D eigenvalue weighted by Crippen LogP contribution is 2.32. The number of anilines is 1. The van der Waals surface area contributed by atoms with Crippen molar-refractivity contribution in [3.05, 3.63) is 58.1 Å². The lowest BCUT2D eigenvalue weighted by Crippen LogP contribution is -2.36. The number of nitro benzene ring substituents is 1. The van der Waals surface area contributed by atoms with E-state index >= 15 is 0 Å². The fourth-order valence-corrected chi connectivity index (χ4v) is 3.75. The van der Waals surface area contributed by atoms with E-state index in [-0.39, 0.29) is 24.0 Å². The average molecular weight is 451 g/mol. The number of non-ortho nitro benzene ring substituents is 1. The van der Waals surface area contributed by atoms with Crippen molar-refractivity contribution in [2.45, 2.75) is 6.92 Å². The van der Waals surface area contributed by atoms with Crippen LogP contribution in [-0.2, 0) is 0 Å². The van der Waals surface area contributed by atoms with Gasteiger partial charge in [0.05, 0.1) is 21.7 Å². The number of fused-ring (bicyclic) bond motifs is 1. The predicted octanol–water partition coefficient (Wildman–Crippen LogP) is 4.23. The predicted molar refractivity (Wildman–Crippen MR) is 121 cm³/mol. The molecule has 30 heavy (non-hydrogen) atoms. The minimum atomic E-state index is -0.485. The van der Waals surface area contributed by atoms with Crippen molar-refractivity contribution in [3.63, 3.8) is 0 Å². The van der Waals surface area contributed by atoms with Gasteiger partial charge in [-0.15, -0.1) is 12.4 Å². The molecule has 10 heteroatoms. The van der Waals surface area contributed by atoms with Crippen LogP contribution in [0.2, 0.25) is 0 Å². The van der Waals surface area contributed by atoms with Crippen LogP contribution in [0.25, 0.3) is 10.2 Å². The molecule has 0 saturated carbocycles. The zero-order chi connectivity index (χ0) is 21.0. The summed E-state index contributed by atoms with van der Waals surface area (Å²) in [6, 6.07) is 11.3. The minimum absolute atomic E-state index is 0. The zero-order valence-electron chi connectivity index (χ0n) is 16.9. The van der Waals surface area contributed by atoms with Crippen molar-refractivity contribution >= 4 is 50.7 Å². The van der Waals surface area contributed by atoms with Crippen LogP contribution < -0.4 is 9.64 Å². The van der Waals surface area contributed by atoms with E-state index in [1.807, 2.05) is 44.1 Å². The van der Waals surface area contributed by atoms with Crippen molar-refractivity contribution in [1.82, 2.24) is 9.88 Å². The Morgan fingerprint density at radius 1 is 1.17 bits per heavy atom. The number of likely N-dealkylation sites (N-methyl/N-ethyl adjacent to an activating group) is 1.